The fraction of sp³-hybridized carbons (Fsp3) is 0.136. The van der Waals surface area contributed by atoms with Crippen molar-refractivity contribution in [3.63, 3.8) is 0 Å². The number of nitrogens with zero attached hydrogens (tertiary/aromatic N) is 3. The highest BCUT2D eigenvalue weighted by Gasteiger charge is 2.30. The molecule has 0 N–H and O–H groups in total. The number of ether oxygens (including phenoxy) is 1. The Hall–Kier alpha value is -3.53. The van der Waals surface area contributed by atoms with Gasteiger partial charge in [0.2, 0.25) is 0 Å². The number of benzene rings is 3. The molecule has 0 saturated heterocycles. The van der Waals surface area contributed by atoms with Gasteiger partial charge >= 0.3 is 6.18 Å². The van der Waals surface area contributed by atoms with Crippen LogP contribution in [0.3, 0.4) is 0 Å². The van der Waals surface area contributed by atoms with Gasteiger partial charge in [-0.2, -0.15) is 13.2 Å². The molecule has 1 aromatic heterocycles. The normalized spacial score (nSPS) is 11.6. The molecule has 10 heteroatoms. The molecule has 0 aliphatic rings. The number of halogens is 3. The Labute approximate surface area is 184 Å². The Kier molecular flexibility index (Phi) is 5.79. The fourth-order valence-electron chi connectivity index (χ4n) is 3.29. The summed E-state index contributed by atoms with van der Waals surface area (Å²) in [4.78, 5) is 15.2. The van der Waals surface area contributed by atoms with E-state index in [1.54, 1.807) is 22.8 Å². The molecule has 0 radical (unpaired) electrons. The summed E-state index contributed by atoms with van der Waals surface area (Å²) in [6.07, 6.45) is -4.43. The van der Waals surface area contributed by atoms with Crippen LogP contribution in [0, 0.1) is 10.1 Å². The molecule has 0 fully saturated rings. The Morgan fingerprint density at radius 2 is 1.88 bits per heavy atom. The van der Waals surface area contributed by atoms with Crippen molar-refractivity contribution in [2.45, 2.75) is 17.1 Å². The van der Waals surface area contributed by atoms with Gasteiger partial charge in [0.1, 0.15) is 5.75 Å². The number of rotatable bonds is 6. The van der Waals surface area contributed by atoms with Crippen LogP contribution in [-0.4, -0.2) is 21.6 Å². The number of thioether (sulfide) groups is 1. The number of methoxy groups -OCH3 is 1. The first-order valence-electron chi connectivity index (χ1n) is 9.37. The van der Waals surface area contributed by atoms with Crippen LogP contribution in [0.25, 0.3) is 16.7 Å². The van der Waals surface area contributed by atoms with Crippen molar-refractivity contribution in [3.05, 3.63) is 88.0 Å². The molecule has 0 bridgehead atoms. The van der Waals surface area contributed by atoms with E-state index in [1.807, 2.05) is 18.2 Å². The summed E-state index contributed by atoms with van der Waals surface area (Å²) in [6, 6.07) is 16.7. The zero-order chi connectivity index (χ0) is 22.9. The molecule has 0 aliphatic heterocycles. The molecular formula is C22H16F3N3O3S. The number of non-ortho nitro benzene ring substituents is 1. The number of aromatic nitrogens is 2. The average molecular weight is 459 g/mol. The van der Waals surface area contributed by atoms with Crippen LogP contribution < -0.4 is 4.74 Å². The maximum absolute atomic E-state index is 13.1. The van der Waals surface area contributed by atoms with Crippen LogP contribution >= 0.6 is 11.8 Å². The van der Waals surface area contributed by atoms with Crippen molar-refractivity contribution >= 4 is 28.5 Å². The molecule has 32 heavy (non-hydrogen) atoms. The zero-order valence-corrected chi connectivity index (χ0v) is 17.5. The van der Waals surface area contributed by atoms with Crippen LogP contribution in [0.2, 0.25) is 0 Å². The van der Waals surface area contributed by atoms with Gasteiger partial charge in [-0.3, -0.25) is 14.7 Å². The minimum atomic E-state index is -4.43. The molecule has 4 rings (SSSR count). The zero-order valence-electron chi connectivity index (χ0n) is 16.7. The largest absolute Gasteiger partial charge is 0.495 e. The lowest BCUT2D eigenvalue weighted by atomic mass is 10.1. The predicted octanol–water partition coefficient (Wildman–Crippen LogP) is 6.25. The minimum Gasteiger partial charge on any atom is -0.495 e. The van der Waals surface area contributed by atoms with E-state index in [-0.39, 0.29) is 11.4 Å². The van der Waals surface area contributed by atoms with E-state index < -0.39 is 16.7 Å². The number of hydrogen-bond donors (Lipinski definition) is 0. The van der Waals surface area contributed by atoms with Gasteiger partial charge in [0.05, 0.1) is 34.3 Å². The van der Waals surface area contributed by atoms with Crippen LogP contribution in [-0.2, 0) is 11.9 Å². The highest BCUT2D eigenvalue weighted by atomic mass is 32.2. The summed E-state index contributed by atoms with van der Waals surface area (Å²) in [7, 11) is 1.53. The third-order valence-electron chi connectivity index (χ3n) is 4.77. The quantitative estimate of drug-likeness (QED) is 0.194. The monoisotopic (exact) mass is 459 g/mol. The number of fused-ring (bicyclic) bond motifs is 1. The first kappa shape index (κ1) is 21.7. The summed E-state index contributed by atoms with van der Waals surface area (Å²) in [5.74, 6) is 0.788. The number of alkyl halides is 3. The highest BCUT2D eigenvalue weighted by Crippen LogP contribution is 2.36. The van der Waals surface area contributed by atoms with E-state index in [9.17, 15) is 23.3 Å². The number of nitro groups is 1. The van der Waals surface area contributed by atoms with E-state index in [0.717, 1.165) is 12.1 Å². The Morgan fingerprint density at radius 3 is 2.59 bits per heavy atom. The molecule has 0 saturated carbocycles. The molecule has 1 heterocycles. The van der Waals surface area contributed by atoms with Crippen molar-refractivity contribution < 1.29 is 22.8 Å². The second-order valence-corrected chi connectivity index (χ2v) is 7.76. The summed E-state index contributed by atoms with van der Waals surface area (Å²) < 4.78 is 46.4. The van der Waals surface area contributed by atoms with Crippen molar-refractivity contribution in [2.75, 3.05) is 7.11 Å². The Bertz CT molecular complexity index is 1300. The maximum atomic E-state index is 13.1. The van der Waals surface area contributed by atoms with Gasteiger partial charge in [-0.05, 0) is 29.8 Å². The third-order valence-corrected chi connectivity index (χ3v) is 5.78. The summed E-state index contributed by atoms with van der Waals surface area (Å²) in [5.41, 5.74) is 1.34. The Morgan fingerprint density at radius 1 is 1.09 bits per heavy atom. The average Bonchev–Trinajstić information content (AvgIpc) is 3.14. The van der Waals surface area contributed by atoms with Crippen LogP contribution in [0.4, 0.5) is 18.9 Å². The molecule has 4 aromatic rings. The van der Waals surface area contributed by atoms with Gasteiger partial charge in [0, 0.05) is 17.9 Å². The van der Waals surface area contributed by atoms with Crippen LogP contribution in [0.5, 0.6) is 5.75 Å². The summed E-state index contributed by atoms with van der Waals surface area (Å²) >= 11 is 1.23. The van der Waals surface area contributed by atoms with E-state index in [1.165, 1.54) is 37.1 Å². The first-order chi connectivity index (χ1) is 15.3. The second kappa shape index (κ2) is 8.54. The molecule has 0 spiro atoms. The first-order valence-corrected chi connectivity index (χ1v) is 10.4. The van der Waals surface area contributed by atoms with Crippen molar-refractivity contribution in [2.24, 2.45) is 0 Å². The number of para-hydroxylation sites is 2. The van der Waals surface area contributed by atoms with Gasteiger partial charge in [0.15, 0.2) is 5.16 Å². The number of hydrogen-bond acceptors (Lipinski definition) is 5. The minimum absolute atomic E-state index is 0.100. The SMILES string of the molecule is COc1ccccc1-n1c(SCc2cccc(C(F)(F)F)c2)nc2cc([N+](=O)[O-])ccc21. The van der Waals surface area contributed by atoms with E-state index in [4.69, 9.17) is 4.74 Å². The molecule has 0 unspecified atom stereocenters. The van der Waals surface area contributed by atoms with Crippen LogP contribution in [0.1, 0.15) is 11.1 Å². The molecule has 6 nitrogen and oxygen atoms in total. The summed E-state index contributed by atoms with van der Waals surface area (Å²) in [6.45, 7) is 0. The molecular weight excluding hydrogens is 443 g/mol. The number of imidazole rings is 1. The molecule has 0 aliphatic carbocycles. The lowest BCUT2D eigenvalue weighted by molar-refractivity contribution is -0.384. The van der Waals surface area contributed by atoms with Gasteiger partial charge in [-0.1, -0.05) is 42.1 Å². The fourth-order valence-corrected chi connectivity index (χ4v) is 4.25. The van der Waals surface area contributed by atoms with Crippen LogP contribution in [0.15, 0.2) is 71.9 Å². The molecule has 0 amide bonds. The number of nitro benzene ring substituents is 1. The molecule has 3 aromatic carbocycles. The van der Waals surface area contributed by atoms with Gasteiger partial charge in [-0.25, -0.2) is 4.98 Å². The van der Waals surface area contributed by atoms with E-state index >= 15 is 0 Å². The molecule has 0 atom stereocenters. The molecule has 164 valence electrons. The van der Waals surface area contributed by atoms with Gasteiger partial charge < -0.3 is 4.74 Å². The van der Waals surface area contributed by atoms with Crippen molar-refractivity contribution in [3.8, 4) is 11.4 Å². The maximum Gasteiger partial charge on any atom is 0.416 e. The van der Waals surface area contributed by atoms with Crippen molar-refractivity contribution in [1.29, 1.82) is 0 Å². The predicted molar refractivity (Wildman–Crippen MR) is 115 cm³/mol. The van der Waals surface area contributed by atoms with E-state index in [0.29, 0.717) is 33.2 Å². The Balaban J connectivity index is 1.79. The second-order valence-electron chi connectivity index (χ2n) is 6.82. The smallest absolute Gasteiger partial charge is 0.416 e. The summed E-state index contributed by atoms with van der Waals surface area (Å²) in [5, 5.41) is 11.7. The van der Waals surface area contributed by atoms with Crippen molar-refractivity contribution in [1.82, 2.24) is 9.55 Å². The topological polar surface area (TPSA) is 70.2 Å². The van der Waals surface area contributed by atoms with Gasteiger partial charge in [-0.15, -0.1) is 0 Å². The van der Waals surface area contributed by atoms with Gasteiger partial charge in [0.25, 0.3) is 5.69 Å². The standard InChI is InChI=1S/C22H16F3N3O3S/c1-31-20-8-3-2-7-19(20)27-18-10-9-16(28(29)30)12-17(18)26-21(27)32-13-14-5-4-6-15(11-14)22(23,24)25/h2-12H,13H2,1H3. The lowest BCUT2D eigenvalue weighted by Gasteiger charge is -2.13. The van der Waals surface area contributed by atoms with E-state index in [2.05, 4.69) is 4.98 Å². The highest BCUT2D eigenvalue weighted by molar-refractivity contribution is 7.98. The lowest BCUT2D eigenvalue weighted by Crippen LogP contribution is -2.05. The third kappa shape index (κ3) is 4.26.